The molecular formula is C12H19N3O2. The van der Waals surface area contributed by atoms with E-state index in [0.717, 1.165) is 32.4 Å². The first-order valence-corrected chi connectivity index (χ1v) is 6.20. The van der Waals surface area contributed by atoms with Crippen LogP contribution >= 0.6 is 0 Å². The van der Waals surface area contributed by atoms with Crippen LogP contribution < -0.4 is 14.8 Å². The van der Waals surface area contributed by atoms with Crippen LogP contribution in [0.25, 0.3) is 0 Å². The topological polar surface area (TPSA) is 56.3 Å². The van der Waals surface area contributed by atoms with Crippen LogP contribution in [0.3, 0.4) is 0 Å². The average molecular weight is 237 g/mol. The first-order valence-electron chi connectivity index (χ1n) is 6.20. The molecule has 0 aliphatic carbocycles. The van der Waals surface area contributed by atoms with Crippen molar-refractivity contribution in [1.29, 1.82) is 0 Å². The van der Waals surface area contributed by atoms with Crippen molar-refractivity contribution in [2.75, 3.05) is 19.7 Å². The Bertz CT molecular complexity index is 340. The summed E-state index contributed by atoms with van der Waals surface area (Å²) < 4.78 is 11.2. The van der Waals surface area contributed by atoms with Gasteiger partial charge in [0.1, 0.15) is 6.10 Å². The highest BCUT2D eigenvalue weighted by Crippen LogP contribution is 2.16. The Kier molecular flexibility index (Phi) is 4.55. The van der Waals surface area contributed by atoms with Gasteiger partial charge in [0.2, 0.25) is 11.8 Å². The van der Waals surface area contributed by atoms with E-state index in [9.17, 15) is 0 Å². The van der Waals surface area contributed by atoms with Crippen LogP contribution in [0.15, 0.2) is 12.4 Å². The molecule has 94 valence electrons. The summed E-state index contributed by atoms with van der Waals surface area (Å²) in [5.41, 5.74) is 0. The molecule has 1 saturated heterocycles. The summed E-state index contributed by atoms with van der Waals surface area (Å²) in [7, 11) is 0. The van der Waals surface area contributed by atoms with Crippen molar-refractivity contribution < 1.29 is 9.47 Å². The number of hydrogen-bond donors (Lipinski definition) is 1. The van der Waals surface area contributed by atoms with E-state index in [0.29, 0.717) is 18.4 Å². The molecular weight excluding hydrogens is 218 g/mol. The van der Waals surface area contributed by atoms with Gasteiger partial charge in [0, 0.05) is 0 Å². The molecule has 0 aromatic carbocycles. The van der Waals surface area contributed by atoms with Crippen LogP contribution in [0.4, 0.5) is 0 Å². The summed E-state index contributed by atoms with van der Waals surface area (Å²) in [4.78, 5) is 8.35. The molecule has 1 N–H and O–H groups in total. The summed E-state index contributed by atoms with van der Waals surface area (Å²) in [6.07, 6.45) is 6.49. The molecule has 5 heteroatoms. The van der Waals surface area contributed by atoms with E-state index in [2.05, 4.69) is 22.2 Å². The molecule has 17 heavy (non-hydrogen) atoms. The Morgan fingerprint density at radius 3 is 2.82 bits per heavy atom. The highest BCUT2D eigenvalue weighted by atomic mass is 16.5. The van der Waals surface area contributed by atoms with E-state index in [4.69, 9.17) is 9.47 Å². The van der Waals surface area contributed by atoms with Gasteiger partial charge < -0.3 is 14.8 Å². The van der Waals surface area contributed by atoms with Crippen molar-refractivity contribution in [2.45, 2.75) is 32.3 Å². The number of piperidine rings is 1. The van der Waals surface area contributed by atoms with Gasteiger partial charge in [-0.05, 0) is 32.4 Å². The van der Waals surface area contributed by atoms with Crippen LogP contribution in [-0.4, -0.2) is 35.8 Å². The maximum Gasteiger partial charge on any atom is 0.235 e. The summed E-state index contributed by atoms with van der Waals surface area (Å²) in [6.45, 7) is 4.72. The molecule has 1 aliphatic heterocycles. The van der Waals surface area contributed by atoms with E-state index in [1.54, 1.807) is 12.4 Å². The van der Waals surface area contributed by atoms with Gasteiger partial charge in [0.15, 0.2) is 0 Å². The Morgan fingerprint density at radius 2 is 2.06 bits per heavy atom. The van der Waals surface area contributed by atoms with Gasteiger partial charge in [-0.3, -0.25) is 4.98 Å². The molecule has 0 bridgehead atoms. The Morgan fingerprint density at radius 1 is 1.29 bits per heavy atom. The number of aromatic nitrogens is 2. The minimum absolute atomic E-state index is 0.243. The lowest BCUT2D eigenvalue weighted by Crippen LogP contribution is -2.34. The first kappa shape index (κ1) is 12.1. The summed E-state index contributed by atoms with van der Waals surface area (Å²) in [5.74, 6) is 1.10. The molecule has 1 fully saturated rings. The molecule has 2 heterocycles. The normalized spacial score (nSPS) is 16.8. The average Bonchev–Trinajstić information content (AvgIpc) is 2.38. The summed E-state index contributed by atoms with van der Waals surface area (Å²) in [5, 5.41) is 3.30. The molecule has 0 amide bonds. The van der Waals surface area contributed by atoms with Crippen LogP contribution in [0.1, 0.15) is 26.2 Å². The van der Waals surface area contributed by atoms with E-state index < -0.39 is 0 Å². The smallest absolute Gasteiger partial charge is 0.235 e. The van der Waals surface area contributed by atoms with E-state index >= 15 is 0 Å². The lowest BCUT2D eigenvalue weighted by molar-refractivity contribution is 0.153. The number of hydrogen-bond acceptors (Lipinski definition) is 5. The number of nitrogens with one attached hydrogen (secondary N) is 1. The fourth-order valence-corrected chi connectivity index (χ4v) is 1.75. The zero-order valence-corrected chi connectivity index (χ0v) is 10.2. The molecule has 1 aliphatic rings. The zero-order valence-electron chi connectivity index (χ0n) is 10.2. The van der Waals surface area contributed by atoms with Crippen LogP contribution in [-0.2, 0) is 0 Å². The number of rotatable bonds is 5. The lowest BCUT2D eigenvalue weighted by atomic mass is 10.1. The van der Waals surface area contributed by atoms with Crippen LogP contribution in [0, 0.1) is 0 Å². The fraction of sp³-hybridized carbons (Fsp3) is 0.667. The Labute approximate surface area is 102 Å². The highest BCUT2D eigenvalue weighted by Gasteiger charge is 2.15. The second kappa shape index (κ2) is 6.39. The standard InChI is InChI=1S/C12H19N3O2/c1-2-7-16-11-8-14-9-12(15-11)17-10-3-5-13-6-4-10/h8-10,13H,2-7H2,1H3. The Hall–Kier alpha value is -1.36. The fourth-order valence-electron chi connectivity index (χ4n) is 1.75. The molecule has 1 aromatic heterocycles. The third kappa shape index (κ3) is 3.85. The van der Waals surface area contributed by atoms with Crippen molar-refractivity contribution in [3.63, 3.8) is 0 Å². The maximum absolute atomic E-state index is 5.78. The van der Waals surface area contributed by atoms with Crippen LogP contribution in [0.2, 0.25) is 0 Å². The van der Waals surface area contributed by atoms with Crippen molar-refractivity contribution in [3.8, 4) is 11.8 Å². The largest absolute Gasteiger partial charge is 0.477 e. The number of ether oxygens (including phenoxy) is 2. The molecule has 0 unspecified atom stereocenters. The highest BCUT2D eigenvalue weighted by molar-refractivity contribution is 5.13. The van der Waals surface area contributed by atoms with Gasteiger partial charge in [0.05, 0.1) is 19.0 Å². The second-order valence-electron chi connectivity index (χ2n) is 4.11. The van der Waals surface area contributed by atoms with Gasteiger partial charge in [-0.25, -0.2) is 0 Å². The first-order chi connectivity index (χ1) is 8.38. The van der Waals surface area contributed by atoms with E-state index in [1.165, 1.54) is 0 Å². The maximum atomic E-state index is 5.78. The number of nitrogens with zero attached hydrogens (tertiary/aromatic N) is 2. The molecule has 5 nitrogen and oxygen atoms in total. The van der Waals surface area contributed by atoms with Gasteiger partial charge >= 0.3 is 0 Å². The quantitative estimate of drug-likeness (QED) is 0.838. The van der Waals surface area contributed by atoms with Crippen molar-refractivity contribution in [2.24, 2.45) is 0 Å². The molecule has 0 saturated carbocycles. The SMILES string of the molecule is CCCOc1cncc(OC2CCNCC2)n1. The summed E-state index contributed by atoms with van der Waals surface area (Å²) in [6, 6.07) is 0. The summed E-state index contributed by atoms with van der Waals surface area (Å²) >= 11 is 0. The minimum Gasteiger partial charge on any atom is -0.477 e. The molecule has 2 rings (SSSR count). The van der Waals surface area contributed by atoms with E-state index in [1.807, 2.05) is 0 Å². The van der Waals surface area contributed by atoms with Crippen molar-refractivity contribution in [3.05, 3.63) is 12.4 Å². The monoisotopic (exact) mass is 237 g/mol. The van der Waals surface area contributed by atoms with Crippen molar-refractivity contribution in [1.82, 2.24) is 15.3 Å². The lowest BCUT2D eigenvalue weighted by Gasteiger charge is -2.23. The van der Waals surface area contributed by atoms with Crippen LogP contribution in [0.5, 0.6) is 11.8 Å². The molecule has 0 atom stereocenters. The molecule has 0 radical (unpaired) electrons. The zero-order chi connectivity index (χ0) is 11.9. The predicted octanol–water partition coefficient (Wildman–Crippen LogP) is 1.40. The third-order valence-corrected chi connectivity index (χ3v) is 2.62. The van der Waals surface area contributed by atoms with Gasteiger partial charge in [-0.15, -0.1) is 0 Å². The minimum atomic E-state index is 0.243. The van der Waals surface area contributed by atoms with E-state index in [-0.39, 0.29) is 6.10 Å². The molecule has 1 aromatic rings. The predicted molar refractivity (Wildman–Crippen MR) is 64.3 cm³/mol. The van der Waals surface area contributed by atoms with Gasteiger partial charge in [-0.2, -0.15) is 4.98 Å². The Balaban J connectivity index is 1.90. The second-order valence-corrected chi connectivity index (χ2v) is 4.11. The van der Waals surface area contributed by atoms with Gasteiger partial charge in [0.25, 0.3) is 0 Å². The van der Waals surface area contributed by atoms with Gasteiger partial charge in [-0.1, -0.05) is 6.92 Å². The molecule has 0 spiro atoms. The third-order valence-electron chi connectivity index (χ3n) is 2.62. The van der Waals surface area contributed by atoms with Crippen molar-refractivity contribution >= 4 is 0 Å².